The predicted octanol–water partition coefficient (Wildman–Crippen LogP) is 2.68. The van der Waals surface area contributed by atoms with E-state index in [1.165, 1.54) is 11.3 Å². The highest BCUT2D eigenvalue weighted by Gasteiger charge is 2.34. The number of piperazine rings is 1. The number of likely N-dealkylation sites (tertiary alicyclic amines) is 1. The predicted molar refractivity (Wildman–Crippen MR) is 129 cm³/mol. The number of halogens is 1. The Hall–Kier alpha value is -2.22. The van der Waals surface area contributed by atoms with Crippen molar-refractivity contribution < 1.29 is 9.90 Å². The minimum Gasteiger partial charge on any atom is -0.392 e. The Bertz CT molecular complexity index is 993. The first-order valence-corrected chi connectivity index (χ1v) is 12.4. The van der Waals surface area contributed by atoms with E-state index >= 15 is 0 Å². The maximum Gasteiger partial charge on any atom is 0.231 e. The molecule has 2 aliphatic heterocycles. The molecule has 3 heterocycles. The number of rotatable bonds is 5. The van der Waals surface area contributed by atoms with E-state index in [-0.39, 0.29) is 17.9 Å². The lowest BCUT2D eigenvalue weighted by Crippen LogP contribution is -2.51. The smallest absolute Gasteiger partial charge is 0.231 e. The van der Waals surface area contributed by atoms with E-state index in [0.29, 0.717) is 37.1 Å². The maximum absolute atomic E-state index is 13.7. The van der Waals surface area contributed by atoms with Gasteiger partial charge in [-0.3, -0.25) is 9.69 Å². The largest absolute Gasteiger partial charge is 0.392 e. The molecule has 0 saturated carbocycles. The number of fused-ring (bicyclic) bond motifs is 1. The summed E-state index contributed by atoms with van der Waals surface area (Å²) in [6.07, 6.45) is 4.31. The van der Waals surface area contributed by atoms with Gasteiger partial charge in [-0.05, 0) is 42.9 Å². The number of carbonyl (C=O) groups excluding carboxylic acids is 1. The van der Waals surface area contributed by atoms with Crippen LogP contribution in [0.1, 0.15) is 48.4 Å². The molecule has 1 aromatic heterocycles. The van der Waals surface area contributed by atoms with Gasteiger partial charge in [0.1, 0.15) is 12.1 Å². The van der Waals surface area contributed by atoms with Gasteiger partial charge in [-0.1, -0.05) is 30.7 Å². The molecule has 0 radical (unpaired) electrons. The van der Waals surface area contributed by atoms with Gasteiger partial charge >= 0.3 is 0 Å². The first kappa shape index (κ1) is 22.6. The highest BCUT2D eigenvalue weighted by atomic mass is 35.5. The molecular formula is C25H32ClN5O2. The first-order chi connectivity index (χ1) is 16.0. The number of benzene rings is 1. The molecule has 33 heavy (non-hydrogen) atoms. The second-order valence-electron chi connectivity index (χ2n) is 9.62. The summed E-state index contributed by atoms with van der Waals surface area (Å²) in [7, 11) is 0. The fourth-order valence-corrected chi connectivity index (χ4v) is 5.62. The minimum atomic E-state index is -0.300. The number of hydrogen-bond donors (Lipinski definition) is 1. The van der Waals surface area contributed by atoms with Gasteiger partial charge in [0.05, 0.1) is 12.0 Å². The fraction of sp³-hybridized carbons (Fsp3) is 0.560. The van der Waals surface area contributed by atoms with Crippen LogP contribution in [0, 0.1) is 0 Å². The Balaban J connectivity index is 1.30. The number of aliphatic hydroxyl groups excluding tert-OH is 1. The molecule has 1 aromatic carbocycles. The number of nitrogens with zero attached hydrogens (tertiary/aromatic N) is 5. The van der Waals surface area contributed by atoms with Crippen LogP contribution in [0.3, 0.4) is 0 Å². The molecule has 2 saturated heterocycles. The van der Waals surface area contributed by atoms with Crippen molar-refractivity contribution in [2.75, 3.05) is 50.7 Å². The van der Waals surface area contributed by atoms with Gasteiger partial charge in [0.15, 0.2) is 0 Å². The second kappa shape index (κ2) is 9.57. The third-order valence-electron chi connectivity index (χ3n) is 7.40. The van der Waals surface area contributed by atoms with Crippen LogP contribution in [0.25, 0.3) is 0 Å². The molecule has 3 atom stereocenters. The zero-order valence-corrected chi connectivity index (χ0v) is 19.9. The highest BCUT2D eigenvalue weighted by Crippen LogP contribution is 2.37. The van der Waals surface area contributed by atoms with Crippen molar-refractivity contribution in [1.82, 2.24) is 19.8 Å². The van der Waals surface area contributed by atoms with Gasteiger partial charge in [-0.15, -0.1) is 0 Å². The molecule has 1 N–H and O–H groups in total. The lowest BCUT2D eigenvalue weighted by Gasteiger charge is -2.38. The second-order valence-corrected chi connectivity index (χ2v) is 10.1. The Kier molecular flexibility index (Phi) is 6.54. The van der Waals surface area contributed by atoms with Crippen LogP contribution in [0.2, 0.25) is 5.02 Å². The Labute approximate surface area is 200 Å². The third kappa shape index (κ3) is 4.72. The van der Waals surface area contributed by atoms with Gasteiger partial charge in [-0.2, -0.15) is 0 Å². The summed E-state index contributed by atoms with van der Waals surface area (Å²) in [5.74, 6) is 1.43. The van der Waals surface area contributed by atoms with E-state index in [9.17, 15) is 9.90 Å². The van der Waals surface area contributed by atoms with Crippen molar-refractivity contribution in [3.05, 3.63) is 52.4 Å². The molecule has 7 nitrogen and oxygen atoms in total. The number of hydrogen-bond acceptors (Lipinski definition) is 6. The van der Waals surface area contributed by atoms with Gasteiger partial charge < -0.3 is 14.9 Å². The highest BCUT2D eigenvalue weighted by molar-refractivity contribution is 6.30. The van der Waals surface area contributed by atoms with Crippen LogP contribution in [0.15, 0.2) is 30.6 Å². The van der Waals surface area contributed by atoms with E-state index in [1.54, 1.807) is 6.33 Å². The number of carbonyl (C=O) groups is 1. The molecule has 1 amide bonds. The van der Waals surface area contributed by atoms with Gasteiger partial charge in [0.25, 0.3) is 0 Å². The fourth-order valence-electron chi connectivity index (χ4n) is 5.49. The van der Waals surface area contributed by atoms with E-state index in [4.69, 9.17) is 11.6 Å². The number of aryl methyl sites for hydroxylation is 1. The standard InChI is InChI=1S/C25H32ClN5O2/c1-17-2-7-22-23(17)24(28-16-27-22)30-10-12-31(13-11-30)25(33)21(15-29-9-8-20(32)14-29)18-3-5-19(26)6-4-18/h3-6,16-17,20-21,32H,2,7-15H2,1H3/t17-,20+,21-/m1/s1. The normalized spacial score (nSPS) is 24.2. The van der Waals surface area contributed by atoms with Crippen molar-refractivity contribution in [2.24, 2.45) is 0 Å². The van der Waals surface area contributed by atoms with Crippen LogP contribution in [-0.4, -0.2) is 82.7 Å². The summed E-state index contributed by atoms with van der Waals surface area (Å²) in [5.41, 5.74) is 3.46. The quantitative estimate of drug-likeness (QED) is 0.725. The molecule has 2 aromatic rings. The lowest BCUT2D eigenvalue weighted by atomic mass is 9.96. The summed E-state index contributed by atoms with van der Waals surface area (Å²) >= 11 is 6.10. The monoisotopic (exact) mass is 469 g/mol. The van der Waals surface area contributed by atoms with Gasteiger partial charge in [0, 0.05) is 62.1 Å². The number of amides is 1. The average molecular weight is 470 g/mol. The molecule has 176 valence electrons. The molecule has 0 spiro atoms. The number of aliphatic hydroxyl groups is 1. The summed E-state index contributed by atoms with van der Waals surface area (Å²) in [5, 5.41) is 10.6. The summed E-state index contributed by atoms with van der Waals surface area (Å²) in [4.78, 5) is 29.3. The molecule has 3 aliphatic rings. The Morgan fingerprint density at radius 1 is 1.12 bits per heavy atom. The summed E-state index contributed by atoms with van der Waals surface area (Å²) < 4.78 is 0. The van der Waals surface area contributed by atoms with Crippen molar-refractivity contribution >= 4 is 23.3 Å². The van der Waals surface area contributed by atoms with Crippen LogP contribution >= 0.6 is 11.6 Å². The average Bonchev–Trinajstić information content (AvgIpc) is 3.43. The first-order valence-electron chi connectivity index (χ1n) is 12.0. The van der Waals surface area contributed by atoms with Gasteiger partial charge in [-0.25, -0.2) is 9.97 Å². The van der Waals surface area contributed by atoms with Crippen LogP contribution in [-0.2, 0) is 11.2 Å². The van der Waals surface area contributed by atoms with Crippen LogP contribution < -0.4 is 4.90 Å². The molecule has 5 rings (SSSR count). The summed E-state index contributed by atoms with van der Waals surface area (Å²) in [6, 6.07) is 7.62. The third-order valence-corrected chi connectivity index (χ3v) is 7.65. The van der Waals surface area contributed by atoms with Crippen molar-refractivity contribution in [3.63, 3.8) is 0 Å². The van der Waals surface area contributed by atoms with E-state index in [0.717, 1.165) is 50.3 Å². The maximum atomic E-state index is 13.7. The SMILES string of the molecule is C[C@@H]1CCc2ncnc(N3CCN(C(=O)[C@H](CN4CC[C@H](O)C4)c4ccc(Cl)cc4)CC3)c21. The van der Waals surface area contributed by atoms with Crippen LogP contribution in [0.5, 0.6) is 0 Å². The van der Waals surface area contributed by atoms with E-state index < -0.39 is 0 Å². The number of aromatic nitrogens is 2. The molecular weight excluding hydrogens is 438 g/mol. The van der Waals surface area contributed by atoms with E-state index in [2.05, 4.69) is 26.7 Å². The molecule has 0 bridgehead atoms. The van der Waals surface area contributed by atoms with Crippen molar-refractivity contribution in [3.8, 4) is 0 Å². The Morgan fingerprint density at radius 2 is 1.88 bits per heavy atom. The van der Waals surface area contributed by atoms with E-state index in [1.807, 2.05) is 29.2 Å². The molecule has 0 unspecified atom stereocenters. The zero-order chi connectivity index (χ0) is 22.9. The minimum absolute atomic E-state index is 0.152. The molecule has 2 fully saturated rings. The number of β-amino-alcohol motifs (C(OH)–C–C–N with tert-alkyl or cyclic N) is 1. The van der Waals surface area contributed by atoms with Crippen molar-refractivity contribution in [1.29, 1.82) is 0 Å². The summed E-state index contributed by atoms with van der Waals surface area (Å²) in [6.45, 7) is 7.23. The molecule has 1 aliphatic carbocycles. The van der Waals surface area contributed by atoms with Crippen molar-refractivity contribution in [2.45, 2.75) is 44.1 Å². The Morgan fingerprint density at radius 3 is 2.58 bits per heavy atom. The van der Waals surface area contributed by atoms with Crippen LogP contribution in [0.4, 0.5) is 5.82 Å². The van der Waals surface area contributed by atoms with Gasteiger partial charge in [0.2, 0.25) is 5.91 Å². The zero-order valence-electron chi connectivity index (χ0n) is 19.2. The number of anilines is 1. The topological polar surface area (TPSA) is 72.8 Å². The lowest BCUT2D eigenvalue weighted by molar-refractivity contribution is -0.133. The molecule has 8 heteroatoms.